The van der Waals surface area contributed by atoms with Crippen LogP contribution in [0.15, 0.2) is 16.7 Å². The number of rotatable bonds is 4. The summed E-state index contributed by atoms with van der Waals surface area (Å²) in [6.07, 6.45) is 2.22. The van der Waals surface area contributed by atoms with E-state index in [1.165, 1.54) is 13.4 Å². The third kappa shape index (κ3) is 2.35. The van der Waals surface area contributed by atoms with Gasteiger partial charge in [0.15, 0.2) is 0 Å². The number of hydrogen-bond donors (Lipinski definition) is 1. The number of methoxy groups -OCH3 is 1. The zero-order valence-corrected chi connectivity index (χ0v) is 10.1. The summed E-state index contributed by atoms with van der Waals surface area (Å²) in [5.41, 5.74) is -0.114. The zero-order chi connectivity index (χ0) is 12.5. The molecular weight excluding hydrogens is 222 g/mol. The lowest BCUT2D eigenvalue weighted by Gasteiger charge is -2.45. The molecule has 2 heterocycles. The van der Waals surface area contributed by atoms with E-state index in [4.69, 9.17) is 4.42 Å². The number of furan rings is 1. The molecule has 0 aromatic carbocycles. The van der Waals surface area contributed by atoms with Gasteiger partial charge in [-0.05, 0) is 12.5 Å². The van der Waals surface area contributed by atoms with Crippen LogP contribution in [0.25, 0.3) is 0 Å². The van der Waals surface area contributed by atoms with E-state index in [0.717, 1.165) is 6.42 Å². The summed E-state index contributed by atoms with van der Waals surface area (Å²) in [7, 11) is 1.35. The molecule has 94 valence electrons. The Morgan fingerprint density at radius 3 is 2.94 bits per heavy atom. The maximum absolute atomic E-state index is 11.4. The van der Waals surface area contributed by atoms with E-state index in [-0.39, 0.29) is 5.97 Å². The minimum absolute atomic E-state index is 0.389. The average molecular weight is 239 g/mol. The first-order chi connectivity index (χ1) is 8.08. The number of hydrogen-bond acceptors (Lipinski definition) is 5. The molecule has 0 aliphatic carbocycles. The topological polar surface area (TPSA) is 62.9 Å². The van der Waals surface area contributed by atoms with Crippen LogP contribution in [0.1, 0.15) is 29.5 Å². The van der Waals surface area contributed by atoms with E-state index >= 15 is 0 Å². The molecule has 0 amide bonds. The molecule has 1 saturated heterocycles. The molecule has 1 aliphatic heterocycles. The van der Waals surface area contributed by atoms with Gasteiger partial charge in [-0.25, -0.2) is 4.79 Å². The second-order valence-electron chi connectivity index (χ2n) is 4.47. The van der Waals surface area contributed by atoms with E-state index in [0.29, 0.717) is 31.0 Å². The fourth-order valence-corrected chi connectivity index (χ4v) is 2.08. The molecule has 0 bridgehead atoms. The molecule has 2 rings (SSSR count). The molecule has 1 N–H and O–H groups in total. The number of likely N-dealkylation sites (tertiary alicyclic amines) is 1. The number of β-amino-alcohol motifs (C(OH)–C–C–N with tert-alkyl or cyclic N) is 1. The quantitative estimate of drug-likeness (QED) is 0.795. The molecule has 0 saturated carbocycles. The van der Waals surface area contributed by atoms with E-state index in [9.17, 15) is 9.90 Å². The molecule has 1 aromatic heterocycles. The number of esters is 1. The van der Waals surface area contributed by atoms with Crippen molar-refractivity contribution in [1.82, 2.24) is 4.90 Å². The normalized spacial score (nSPS) is 18.8. The lowest BCUT2D eigenvalue weighted by molar-refractivity contribution is -0.105. The van der Waals surface area contributed by atoms with Gasteiger partial charge < -0.3 is 14.3 Å². The second kappa shape index (κ2) is 4.50. The first-order valence-corrected chi connectivity index (χ1v) is 5.67. The molecule has 1 fully saturated rings. The highest BCUT2D eigenvalue weighted by atomic mass is 16.5. The van der Waals surface area contributed by atoms with Gasteiger partial charge in [-0.1, -0.05) is 6.92 Å². The second-order valence-corrected chi connectivity index (χ2v) is 4.47. The number of ether oxygens (including phenoxy) is 1. The Labute approximate surface area is 100.0 Å². The third-order valence-corrected chi connectivity index (χ3v) is 3.21. The van der Waals surface area contributed by atoms with Gasteiger partial charge in [0.05, 0.1) is 25.5 Å². The lowest BCUT2D eigenvalue weighted by Crippen LogP contribution is -2.60. The Morgan fingerprint density at radius 1 is 1.65 bits per heavy atom. The van der Waals surface area contributed by atoms with Crippen LogP contribution >= 0.6 is 0 Å². The summed E-state index contributed by atoms with van der Waals surface area (Å²) < 4.78 is 9.94. The molecular formula is C12H17NO4. The van der Waals surface area contributed by atoms with Crippen molar-refractivity contribution in [3.8, 4) is 0 Å². The van der Waals surface area contributed by atoms with Gasteiger partial charge in [-0.3, -0.25) is 4.90 Å². The van der Waals surface area contributed by atoms with Crippen LogP contribution in [-0.2, 0) is 11.3 Å². The Kier molecular flexibility index (Phi) is 3.22. The highest BCUT2D eigenvalue weighted by Gasteiger charge is 2.39. The number of carbonyl (C=O) groups excluding carboxylic acids is 1. The smallest absolute Gasteiger partial charge is 0.341 e. The van der Waals surface area contributed by atoms with Crippen LogP contribution in [0.3, 0.4) is 0 Å². The number of nitrogens with zero attached hydrogens (tertiary/aromatic N) is 1. The van der Waals surface area contributed by atoms with Gasteiger partial charge in [0.1, 0.15) is 11.3 Å². The largest absolute Gasteiger partial charge is 0.467 e. The summed E-state index contributed by atoms with van der Waals surface area (Å²) in [6, 6.07) is 1.60. The van der Waals surface area contributed by atoms with Crippen LogP contribution in [0.2, 0.25) is 0 Å². The van der Waals surface area contributed by atoms with E-state index in [1.807, 2.05) is 11.8 Å². The highest BCUT2D eigenvalue weighted by Crippen LogP contribution is 2.26. The van der Waals surface area contributed by atoms with Crippen molar-refractivity contribution in [2.24, 2.45) is 0 Å². The summed E-state index contributed by atoms with van der Waals surface area (Å²) in [5.74, 6) is 0.204. The van der Waals surface area contributed by atoms with Crippen molar-refractivity contribution in [3.63, 3.8) is 0 Å². The zero-order valence-electron chi connectivity index (χ0n) is 10.1. The van der Waals surface area contributed by atoms with Crippen molar-refractivity contribution in [3.05, 3.63) is 23.7 Å². The molecule has 1 aliphatic rings. The van der Waals surface area contributed by atoms with E-state index < -0.39 is 5.60 Å². The Hall–Kier alpha value is -1.33. The molecule has 5 nitrogen and oxygen atoms in total. The first kappa shape index (κ1) is 12.1. The number of aliphatic hydroxyl groups is 1. The summed E-state index contributed by atoms with van der Waals surface area (Å²) in [4.78, 5) is 13.5. The Balaban J connectivity index is 1.97. The van der Waals surface area contributed by atoms with Crippen molar-refractivity contribution in [2.45, 2.75) is 25.5 Å². The van der Waals surface area contributed by atoms with Crippen molar-refractivity contribution in [1.29, 1.82) is 0 Å². The van der Waals surface area contributed by atoms with Gasteiger partial charge in [-0.15, -0.1) is 0 Å². The standard InChI is InChI=1S/C12H17NO4/c1-3-12(15)7-13(8-12)6-10-9(4-5-17-10)11(14)16-2/h4-5,15H,3,6-8H2,1-2H3. The fraction of sp³-hybridized carbons (Fsp3) is 0.583. The minimum atomic E-state index is -0.571. The Morgan fingerprint density at radius 2 is 2.35 bits per heavy atom. The predicted molar refractivity (Wildman–Crippen MR) is 60.6 cm³/mol. The van der Waals surface area contributed by atoms with Crippen LogP contribution in [-0.4, -0.2) is 41.8 Å². The van der Waals surface area contributed by atoms with Crippen LogP contribution in [0.5, 0.6) is 0 Å². The predicted octanol–water partition coefficient (Wildman–Crippen LogP) is 1.02. The van der Waals surface area contributed by atoms with Gasteiger partial charge >= 0.3 is 5.97 Å². The van der Waals surface area contributed by atoms with E-state index in [2.05, 4.69) is 4.74 Å². The van der Waals surface area contributed by atoms with Gasteiger partial charge in [0.2, 0.25) is 0 Å². The molecule has 0 atom stereocenters. The van der Waals surface area contributed by atoms with Gasteiger partial charge in [0, 0.05) is 13.1 Å². The lowest BCUT2D eigenvalue weighted by atomic mass is 9.91. The fourth-order valence-electron chi connectivity index (χ4n) is 2.08. The minimum Gasteiger partial charge on any atom is -0.467 e. The van der Waals surface area contributed by atoms with E-state index in [1.54, 1.807) is 6.07 Å². The van der Waals surface area contributed by atoms with Crippen molar-refractivity contribution in [2.75, 3.05) is 20.2 Å². The van der Waals surface area contributed by atoms with Gasteiger partial charge in [0.25, 0.3) is 0 Å². The maximum Gasteiger partial charge on any atom is 0.341 e. The highest BCUT2D eigenvalue weighted by molar-refractivity contribution is 5.90. The summed E-state index contributed by atoms with van der Waals surface area (Å²) in [6.45, 7) is 3.72. The van der Waals surface area contributed by atoms with Crippen molar-refractivity contribution < 1.29 is 19.1 Å². The van der Waals surface area contributed by atoms with Crippen LogP contribution < -0.4 is 0 Å². The molecule has 17 heavy (non-hydrogen) atoms. The average Bonchev–Trinajstić information content (AvgIpc) is 2.74. The molecule has 0 unspecified atom stereocenters. The summed E-state index contributed by atoms with van der Waals surface area (Å²) >= 11 is 0. The van der Waals surface area contributed by atoms with Crippen molar-refractivity contribution >= 4 is 5.97 Å². The maximum atomic E-state index is 11.4. The molecule has 1 aromatic rings. The first-order valence-electron chi connectivity index (χ1n) is 5.67. The molecule has 5 heteroatoms. The van der Waals surface area contributed by atoms with Crippen LogP contribution in [0.4, 0.5) is 0 Å². The SMILES string of the molecule is CCC1(O)CN(Cc2occc2C(=O)OC)C1. The molecule has 0 radical (unpaired) electrons. The third-order valence-electron chi connectivity index (χ3n) is 3.21. The Bertz CT molecular complexity index is 406. The van der Waals surface area contributed by atoms with Crippen LogP contribution in [0, 0.1) is 0 Å². The monoisotopic (exact) mass is 239 g/mol. The molecule has 0 spiro atoms. The number of carbonyl (C=O) groups is 1. The summed E-state index contributed by atoms with van der Waals surface area (Å²) in [5, 5.41) is 9.88. The van der Waals surface area contributed by atoms with Gasteiger partial charge in [-0.2, -0.15) is 0 Å².